The average molecular weight is 218 g/mol. The summed E-state index contributed by atoms with van der Waals surface area (Å²) in [6.45, 7) is 6.18. The van der Waals surface area contributed by atoms with Gasteiger partial charge in [-0.25, -0.2) is 4.79 Å². The molecule has 2 aromatic rings. The van der Waals surface area contributed by atoms with E-state index in [4.69, 9.17) is 9.52 Å². The van der Waals surface area contributed by atoms with E-state index in [0.29, 0.717) is 5.58 Å². The fourth-order valence-electron chi connectivity index (χ4n) is 1.53. The quantitative estimate of drug-likeness (QED) is 0.797. The zero-order valence-electron chi connectivity index (χ0n) is 9.57. The molecule has 0 aliphatic heterocycles. The number of rotatable bonds is 1. The zero-order chi connectivity index (χ0) is 11.9. The van der Waals surface area contributed by atoms with Gasteiger partial charge in [0.2, 0.25) is 0 Å². The topological polar surface area (TPSA) is 50.4 Å². The minimum Gasteiger partial charge on any atom is -0.478 e. The summed E-state index contributed by atoms with van der Waals surface area (Å²) >= 11 is 0. The third-order valence-electron chi connectivity index (χ3n) is 2.51. The molecule has 3 nitrogen and oxygen atoms in total. The third-order valence-corrected chi connectivity index (χ3v) is 2.51. The Kier molecular flexibility index (Phi) is 2.26. The van der Waals surface area contributed by atoms with Crippen molar-refractivity contribution in [3.8, 4) is 0 Å². The van der Waals surface area contributed by atoms with E-state index in [1.165, 1.54) is 0 Å². The molecule has 1 heterocycles. The first-order chi connectivity index (χ1) is 7.38. The van der Waals surface area contributed by atoms with Gasteiger partial charge in [-0.2, -0.15) is 0 Å². The summed E-state index contributed by atoms with van der Waals surface area (Å²) < 4.78 is 5.66. The Labute approximate surface area is 93.7 Å². The average Bonchev–Trinajstić information content (AvgIpc) is 2.58. The maximum absolute atomic E-state index is 10.8. The van der Waals surface area contributed by atoms with Crippen molar-refractivity contribution < 1.29 is 14.3 Å². The van der Waals surface area contributed by atoms with Crippen LogP contribution in [0.2, 0.25) is 0 Å². The van der Waals surface area contributed by atoms with E-state index in [2.05, 4.69) is 20.8 Å². The molecule has 0 spiro atoms. The summed E-state index contributed by atoms with van der Waals surface area (Å²) in [4.78, 5) is 10.8. The van der Waals surface area contributed by atoms with Crippen molar-refractivity contribution in [3.63, 3.8) is 0 Å². The predicted octanol–water partition coefficient (Wildman–Crippen LogP) is 3.43. The molecule has 3 heteroatoms. The first-order valence-electron chi connectivity index (χ1n) is 5.15. The molecule has 0 aliphatic rings. The van der Waals surface area contributed by atoms with Crippen LogP contribution < -0.4 is 0 Å². The highest BCUT2D eigenvalue weighted by atomic mass is 16.4. The van der Waals surface area contributed by atoms with Crippen molar-refractivity contribution in [1.29, 1.82) is 0 Å². The van der Waals surface area contributed by atoms with E-state index in [0.717, 1.165) is 11.1 Å². The molecule has 0 unspecified atom stereocenters. The first kappa shape index (κ1) is 10.7. The summed E-state index contributed by atoms with van der Waals surface area (Å²) in [6.07, 6.45) is 0. The smallest absolute Gasteiger partial charge is 0.335 e. The van der Waals surface area contributed by atoms with Gasteiger partial charge in [-0.15, -0.1) is 0 Å². The minimum absolute atomic E-state index is 0.0671. The van der Waals surface area contributed by atoms with Gasteiger partial charge in [0.05, 0.1) is 5.56 Å². The molecule has 0 aliphatic carbocycles. The largest absolute Gasteiger partial charge is 0.478 e. The summed E-state index contributed by atoms with van der Waals surface area (Å²) in [6, 6.07) is 6.89. The molecule has 1 aromatic carbocycles. The van der Waals surface area contributed by atoms with E-state index < -0.39 is 5.97 Å². The van der Waals surface area contributed by atoms with Gasteiger partial charge < -0.3 is 9.52 Å². The molecule has 0 radical (unpaired) electrons. The van der Waals surface area contributed by atoms with Gasteiger partial charge in [0, 0.05) is 10.8 Å². The Hall–Kier alpha value is -1.77. The maximum atomic E-state index is 10.8. The van der Waals surface area contributed by atoms with Crippen LogP contribution in [0.25, 0.3) is 11.0 Å². The molecule has 1 aromatic heterocycles. The molecule has 0 saturated heterocycles. The van der Waals surface area contributed by atoms with Crippen molar-refractivity contribution in [2.75, 3.05) is 0 Å². The number of carboxylic acid groups (broad SMARTS) is 1. The second-order valence-corrected chi connectivity index (χ2v) is 4.92. The highest BCUT2D eigenvalue weighted by Crippen LogP contribution is 2.29. The highest BCUT2D eigenvalue weighted by molar-refractivity contribution is 5.92. The molecular weight excluding hydrogens is 204 g/mol. The monoisotopic (exact) mass is 218 g/mol. The predicted molar refractivity (Wildman–Crippen MR) is 61.9 cm³/mol. The van der Waals surface area contributed by atoms with Gasteiger partial charge in [-0.05, 0) is 18.2 Å². The first-order valence-corrected chi connectivity index (χ1v) is 5.15. The number of benzene rings is 1. The molecule has 16 heavy (non-hydrogen) atoms. The second kappa shape index (κ2) is 3.37. The number of hydrogen-bond acceptors (Lipinski definition) is 2. The van der Waals surface area contributed by atoms with Gasteiger partial charge >= 0.3 is 5.97 Å². The maximum Gasteiger partial charge on any atom is 0.335 e. The van der Waals surface area contributed by atoms with Crippen molar-refractivity contribution in [2.24, 2.45) is 0 Å². The molecule has 0 bridgehead atoms. The van der Waals surface area contributed by atoms with Crippen LogP contribution in [-0.4, -0.2) is 11.1 Å². The van der Waals surface area contributed by atoms with Crippen LogP contribution in [0.4, 0.5) is 0 Å². The fourth-order valence-corrected chi connectivity index (χ4v) is 1.53. The Morgan fingerprint density at radius 3 is 2.50 bits per heavy atom. The second-order valence-electron chi connectivity index (χ2n) is 4.92. The van der Waals surface area contributed by atoms with Gasteiger partial charge in [0.25, 0.3) is 0 Å². The van der Waals surface area contributed by atoms with Crippen LogP contribution in [0.15, 0.2) is 28.7 Å². The van der Waals surface area contributed by atoms with Crippen LogP contribution in [0, 0.1) is 0 Å². The molecule has 0 saturated carbocycles. The van der Waals surface area contributed by atoms with E-state index >= 15 is 0 Å². The number of carboxylic acids is 1. The minimum atomic E-state index is -0.935. The van der Waals surface area contributed by atoms with E-state index in [1.807, 2.05) is 6.07 Å². The van der Waals surface area contributed by atoms with Crippen LogP contribution in [-0.2, 0) is 5.41 Å². The van der Waals surface area contributed by atoms with Crippen molar-refractivity contribution in [3.05, 3.63) is 35.6 Å². The number of hydrogen-bond donors (Lipinski definition) is 1. The summed E-state index contributed by atoms with van der Waals surface area (Å²) in [5.74, 6) is -0.0688. The van der Waals surface area contributed by atoms with E-state index in [1.54, 1.807) is 18.2 Å². The normalized spacial score (nSPS) is 11.9. The van der Waals surface area contributed by atoms with Crippen LogP contribution >= 0.6 is 0 Å². The van der Waals surface area contributed by atoms with Gasteiger partial charge in [-0.1, -0.05) is 26.8 Å². The van der Waals surface area contributed by atoms with Crippen LogP contribution in [0.5, 0.6) is 0 Å². The van der Waals surface area contributed by atoms with Crippen molar-refractivity contribution in [2.45, 2.75) is 26.2 Å². The zero-order valence-corrected chi connectivity index (χ0v) is 9.57. The summed E-state index contributed by atoms with van der Waals surface area (Å²) in [5.41, 5.74) is 0.815. The molecule has 84 valence electrons. The van der Waals surface area contributed by atoms with E-state index in [9.17, 15) is 4.79 Å². The number of carbonyl (C=O) groups is 1. The molecule has 0 fully saturated rings. The molecule has 0 atom stereocenters. The lowest BCUT2D eigenvalue weighted by atomic mass is 9.93. The van der Waals surface area contributed by atoms with Crippen molar-refractivity contribution in [1.82, 2.24) is 0 Å². The lowest BCUT2D eigenvalue weighted by molar-refractivity contribution is 0.0697. The Morgan fingerprint density at radius 2 is 1.94 bits per heavy atom. The van der Waals surface area contributed by atoms with Gasteiger partial charge in [-0.3, -0.25) is 0 Å². The summed E-state index contributed by atoms with van der Waals surface area (Å²) in [5, 5.41) is 9.81. The molecule has 1 N–H and O–H groups in total. The fraction of sp³-hybridized carbons (Fsp3) is 0.308. The Morgan fingerprint density at radius 1 is 1.25 bits per heavy atom. The van der Waals surface area contributed by atoms with Crippen molar-refractivity contribution >= 4 is 16.9 Å². The molecular formula is C13H14O3. The lowest BCUT2D eigenvalue weighted by Gasteiger charge is -2.13. The van der Waals surface area contributed by atoms with Crippen LogP contribution in [0.3, 0.4) is 0 Å². The SMILES string of the molecule is CC(C)(C)c1cc2ccc(C(=O)O)cc2o1. The summed E-state index contributed by atoms with van der Waals surface area (Å²) in [7, 11) is 0. The lowest BCUT2D eigenvalue weighted by Crippen LogP contribution is -2.08. The number of furan rings is 1. The van der Waals surface area contributed by atoms with Crippen LogP contribution in [0.1, 0.15) is 36.9 Å². The molecule has 0 amide bonds. The Balaban J connectivity index is 2.59. The van der Waals surface area contributed by atoms with E-state index in [-0.39, 0.29) is 11.0 Å². The van der Waals surface area contributed by atoms with Gasteiger partial charge in [0.1, 0.15) is 11.3 Å². The third kappa shape index (κ3) is 1.81. The molecule has 2 rings (SSSR count). The van der Waals surface area contributed by atoms with Gasteiger partial charge in [0.15, 0.2) is 0 Å². The number of fused-ring (bicyclic) bond motifs is 1. The standard InChI is InChI=1S/C13H14O3/c1-13(2,3)11-7-8-4-5-9(12(14)15)6-10(8)16-11/h4-7H,1-3H3,(H,14,15). The highest BCUT2D eigenvalue weighted by Gasteiger charge is 2.19. The Bertz CT molecular complexity index is 544. The number of aromatic carboxylic acids is 1.